The minimum Gasteiger partial charge on any atom is -0.394 e. The molecule has 0 aliphatic carbocycles. The van der Waals surface area contributed by atoms with Gasteiger partial charge < -0.3 is 14.7 Å². The van der Waals surface area contributed by atoms with E-state index in [0.717, 1.165) is 4.90 Å². The Labute approximate surface area is 128 Å². The second kappa shape index (κ2) is 6.77. The molecule has 1 aliphatic rings. The van der Waals surface area contributed by atoms with Gasteiger partial charge in [-0.05, 0) is 38.1 Å². The van der Waals surface area contributed by atoms with Crippen LogP contribution in [0.2, 0.25) is 0 Å². The molecule has 1 unspecified atom stereocenters. The van der Waals surface area contributed by atoms with Crippen molar-refractivity contribution in [2.24, 2.45) is 0 Å². The van der Waals surface area contributed by atoms with Gasteiger partial charge in [0.05, 0.1) is 24.1 Å². The molecular formula is C15H20FNO3S. The first-order valence-corrected chi connectivity index (χ1v) is 7.83. The van der Waals surface area contributed by atoms with E-state index in [-0.39, 0.29) is 24.4 Å². The molecule has 6 heteroatoms. The van der Waals surface area contributed by atoms with Crippen LogP contribution in [0.4, 0.5) is 4.39 Å². The summed E-state index contributed by atoms with van der Waals surface area (Å²) in [6, 6.07) is 6.08. The standard InChI is InChI=1S/C15H20FNO3S/c1-15(2)10-17(7-12(8-18)20-15)14(19)9-21-13-5-3-11(16)4-6-13/h3-6,12,18H,7-10H2,1-2H3. The highest BCUT2D eigenvalue weighted by Gasteiger charge is 2.35. The van der Waals surface area contributed by atoms with Gasteiger partial charge in [0.1, 0.15) is 5.82 Å². The molecule has 1 aromatic rings. The molecule has 0 radical (unpaired) electrons. The largest absolute Gasteiger partial charge is 0.394 e. The van der Waals surface area contributed by atoms with Crippen LogP contribution in [0, 0.1) is 5.82 Å². The van der Waals surface area contributed by atoms with E-state index < -0.39 is 5.60 Å². The molecule has 1 amide bonds. The minimum atomic E-state index is -0.456. The third-order valence-corrected chi connectivity index (χ3v) is 4.21. The molecule has 21 heavy (non-hydrogen) atoms. The van der Waals surface area contributed by atoms with E-state index in [9.17, 15) is 14.3 Å². The molecule has 1 fully saturated rings. The summed E-state index contributed by atoms with van der Waals surface area (Å²) >= 11 is 1.38. The second-order valence-electron chi connectivity index (χ2n) is 5.70. The van der Waals surface area contributed by atoms with Gasteiger partial charge in [-0.3, -0.25) is 4.79 Å². The first-order valence-electron chi connectivity index (χ1n) is 6.84. The van der Waals surface area contributed by atoms with E-state index in [2.05, 4.69) is 0 Å². The molecule has 1 heterocycles. The minimum absolute atomic E-state index is 0.000787. The van der Waals surface area contributed by atoms with E-state index in [1.807, 2.05) is 13.8 Å². The lowest BCUT2D eigenvalue weighted by atomic mass is 10.1. The second-order valence-corrected chi connectivity index (χ2v) is 6.75. The van der Waals surface area contributed by atoms with Crippen LogP contribution in [0.15, 0.2) is 29.2 Å². The van der Waals surface area contributed by atoms with Gasteiger partial charge in [0.25, 0.3) is 0 Å². The zero-order valence-corrected chi connectivity index (χ0v) is 13.0. The van der Waals surface area contributed by atoms with Crippen molar-refractivity contribution in [1.82, 2.24) is 4.90 Å². The van der Waals surface area contributed by atoms with Crippen LogP contribution in [0.25, 0.3) is 0 Å². The van der Waals surface area contributed by atoms with Crippen LogP contribution >= 0.6 is 11.8 Å². The van der Waals surface area contributed by atoms with Crippen LogP contribution in [0.5, 0.6) is 0 Å². The number of ether oxygens (including phenoxy) is 1. The Balaban J connectivity index is 1.91. The predicted octanol–water partition coefficient (Wildman–Crippen LogP) is 1.92. The summed E-state index contributed by atoms with van der Waals surface area (Å²) in [4.78, 5) is 14.9. The number of benzene rings is 1. The third kappa shape index (κ3) is 4.69. The number of halogens is 1. The van der Waals surface area contributed by atoms with E-state index in [1.54, 1.807) is 17.0 Å². The fourth-order valence-corrected chi connectivity index (χ4v) is 3.15. The quantitative estimate of drug-likeness (QED) is 0.863. The number of aliphatic hydroxyl groups is 1. The highest BCUT2D eigenvalue weighted by atomic mass is 32.2. The number of amides is 1. The number of morpholine rings is 1. The number of hydrogen-bond donors (Lipinski definition) is 1. The van der Waals surface area contributed by atoms with Crippen molar-refractivity contribution in [2.45, 2.75) is 30.4 Å². The summed E-state index contributed by atoms with van der Waals surface area (Å²) in [6.45, 7) is 4.62. The number of carbonyl (C=O) groups excluding carboxylic acids is 1. The maximum absolute atomic E-state index is 12.8. The van der Waals surface area contributed by atoms with Gasteiger partial charge in [-0.1, -0.05) is 0 Å². The van der Waals surface area contributed by atoms with Crippen LogP contribution in [0.3, 0.4) is 0 Å². The van der Waals surface area contributed by atoms with Crippen molar-refractivity contribution in [3.8, 4) is 0 Å². The highest BCUT2D eigenvalue weighted by molar-refractivity contribution is 8.00. The molecule has 1 aliphatic heterocycles. The number of thioether (sulfide) groups is 1. The fourth-order valence-electron chi connectivity index (χ4n) is 2.35. The topological polar surface area (TPSA) is 49.8 Å². The molecule has 1 aromatic carbocycles. The first kappa shape index (κ1) is 16.3. The van der Waals surface area contributed by atoms with E-state index in [0.29, 0.717) is 18.8 Å². The van der Waals surface area contributed by atoms with Crippen molar-refractivity contribution < 1.29 is 19.0 Å². The lowest BCUT2D eigenvalue weighted by molar-refractivity contribution is -0.165. The number of nitrogens with zero attached hydrogens (tertiary/aromatic N) is 1. The molecule has 0 spiro atoms. The molecule has 1 N–H and O–H groups in total. The van der Waals surface area contributed by atoms with E-state index >= 15 is 0 Å². The van der Waals surface area contributed by atoms with Crippen molar-refractivity contribution >= 4 is 17.7 Å². The Morgan fingerprint density at radius 3 is 2.76 bits per heavy atom. The zero-order valence-electron chi connectivity index (χ0n) is 12.2. The Bertz CT molecular complexity index is 492. The molecule has 1 saturated heterocycles. The number of hydrogen-bond acceptors (Lipinski definition) is 4. The van der Waals surface area contributed by atoms with Crippen molar-refractivity contribution in [3.63, 3.8) is 0 Å². The number of carbonyl (C=O) groups is 1. The third-order valence-electron chi connectivity index (χ3n) is 3.21. The Hall–Kier alpha value is -1.11. The summed E-state index contributed by atoms with van der Waals surface area (Å²) in [6.07, 6.45) is -0.339. The summed E-state index contributed by atoms with van der Waals surface area (Å²) in [5.41, 5.74) is -0.456. The first-order chi connectivity index (χ1) is 9.89. The summed E-state index contributed by atoms with van der Waals surface area (Å²) in [5, 5.41) is 9.25. The average molecular weight is 313 g/mol. The van der Waals surface area contributed by atoms with Gasteiger partial charge in [-0.25, -0.2) is 4.39 Å². The van der Waals surface area contributed by atoms with Gasteiger partial charge in [0, 0.05) is 18.0 Å². The van der Waals surface area contributed by atoms with Gasteiger partial charge in [0.2, 0.25) is 5.91 Å². The summed E-state index contributed by atoms with van der Waals surface area (Å²) in [5.74, 6) is 0.00499. The lowest BCUT2D eigenvalue weighted by Crippen LogP contribution is -2.56. The highest BCUT2D eigenvalue weighted by Crippen LogP contribution is 2.23. The van der Waals surface area contributed by atoms with Crippen LogP contribution < -0.4 is 0 Å². The fraction of sp³-hybridized carbons (Fsp3) is 0.533. The van der Waals surface area contributed by atoms with Gasteiger partial charge in [0.15, 0.2) is 0 Å². The van der Waals surface area contributed by atoms with Crippen LogP contribution in [-0.4, -0.2) is 53.1 Å². The van der Waals surface area contributed by atoms with Crippen LogP contribution in [0.1, 0.15) is 13.8 Å². The molecule has 0 bridgehead atoms. The van der Waals surface area contributed by atoms with Crippen molar-refractivity contribution in [3.05, 3.63) is 30.1 Å². The predicted molar refractivity (Wildman–Crippen MR) is 79.7 cm³/mol. The summed E-state index contributed by atoms with van der Waals surface area (Å²) < 4.78 is 18.5. The SMILES string of the molecule is CC1(C)CN(C(=O)CSc2ccc(F)cc2)CC(CO)O1. The zero-order chi connectivity index (χ0) is 15.5. The molecule has 0 saturated carbocycles. The molecule has 0 aromatic heterocycles. The molecule has 2 rings (SSSR count). The summed E-state index contributed by atoms with van der Waals surface area (Å²) in [7, 11) is 0. The number of rotatable bonds is 4. The maximum Gasteiger partial charge on any atom is 0.233 e. The van der Waals surface area contributed by atoms with Crippen LogP contribution in [-0.2, 0) is 9.53 Å². The molecule has 1 atom stereocenters. The molecule has 4 nitrogen and oxygen atoms in total. The Kier molecular flexibility index (Phi) is 5.24. The Morgan fingerprint density at radius 1 is 1.48 bits per heavy atom. The van der Waals surface area contributed by atoms with Gasteiger partial charge in [-0.15, -0.1) is 11.8 Å². The average Bonchev–Trinajstić information content (AvgIpc) is 2.44. The maximum atomic E-state index is 12.8. The lowest BCUT2D eigenvalue weighted by Gasteiger charge is -2.42. The number of aliphatic hydroxyl groups excluding tert-OH is 1. The Morgan fingerprint density at radius 2 is 2.14 bits per heavy atom. The van der Waals surface area contributed by atoms with E-state index in [1.165, 1.54) is 23.9 Å². The van der Waals surface area contributed by atoms with E-state index in [4.69, 9.17) is 4.74 Å². The van der Waals surface area contributed by atoms with Crippen molar-refractivity contribution in [1.29, 1.82) is 0 Å². The molecular weight excluding hydrogens is 293 g/mol. The van der Waals surface area contributed by atoms with Gasteiger partial charge >= 0.3 is 0 Å². The smallest absolute Gasteiger partial charge is 0.233 e. The monoisotopic (exact) mass is 313 g/mol. The van der Waals surface area contributed by atoms with Crippen molar-refractivity contribution in [2.75, 3.05) is 25.4 Å². The van der Waals surface area contributed by atoms with Gasteiger partial charge in [-0.2, -0.15) is 0 Å². The molecule has 116 valence electrons. The normalized spacial score (nSPS) is 21.3.